The van der Waals surface area contributed by atoms with Gasteiger partial charge in [-0.1, -0.05) is 17.7 Å². The highest BCUT2D eigenvalue weighted by Gasteiger charge is 2.21. The van der Waals surface area contributed by atoms with E-state index in [2.05, 4.69) is 35.9 Å². The third-order valence-electron chi connectivity index (χ3n) is 4.86. The molecule has 1 unspecified atom stereocenters. The average Bonchev–Trinajstić information content (AvgIpc) is 2.80. The molecule has 3 N–H and O–H groups in total. The van der Waals surface area contributed by atoms with Gasteiger partial charge < -0.3 is 16.0 Å². The third-order valence-corrected chi connectivity index (χ3v) is 5.16. The quantitative estimate of drug-likeness (QED) is 0.559. The minimum absolute atomic E-state index is 0.0418. The zero-order valence-corrected chi connectivity index (χ0v) is 17.1. The minimum atomic E-state index is -0.0569. The van der Waals surface area contributed by atoms with Gasteiger partial charge in [0.1, 0.15) is 11.6 Å². The van der Waals surface area contributed by atoms with Crippen LogP contribution in [0.3, 0.4) is 0 Å². The van der Waals surface area contributed by atoms with Crippen LogP contribution in [-0.2, 0) is 11.3 Å². The monoisotopic (exact) mass is 423 g/mol. The van der Waals surface area contributed by atoms with Gasteiger partial charge in [0, 0.05) is 24.5 Å². The number of rotatable bonds is 6. The van der Waals surface area contributed by atoms with E-state index >= 15 is 0 Å². The summed E-state index contributed by atoms with van der Waals surface area (Å²) in [7, 11) is 0. The van der Waals surface area contributed by atoms with Crippen molar-refractivity contribution in [2.75, 3.05) is 23.7 Å². The second-order valence-electron chi connectivity index (χ2n) is 7.05. The standard InChI is InChI=1S/C21H22ClN7O/c22-17-11-27-19(29-21(30)14-4-3-6-23-9-14)8-16(17)18-12-24-13-20(28-18)26-10-15-5-1-2-7-25-15/h1-2,5,7-8,11-14,23H,3-4,6,9-10H2,(H,26,28)(H,27,29,30). The highest BCUT2D eigenvalue weighted by molar-refractivity contribution is 6.33. The van der Waals surface area contributed by atoms with Gasteiger partial charge in [-0.25, -0.2) is 9.97 Å². The van der Waals surface area contributed by atoms with Gasteiger partial charge in [-0.3, -0.25) is 14.8 Å². The van der Waals surface area contributed by atoms with E-state index in [0.717, 1.165) is 25.1 Å². The van der Waals surface area contributed by atoms with Gasteiger partial charge in [-0.2, -0.15) is 0 Å². The van der Waals surface area contributed by atoms with Gasteiger partial charge in [0.2, 0.25) is 5.91 Å². The van der Waals surface area contributed by atoms with Crippen LogP contribution in [0.2, 0.25) is 5.02 Å². The number of nitrogens with zero attached hydrogens (tertiary/aromatic N) is 4. The lowest BCUT2D eigenvalue weighted by Gasteiger charge is -2.21. The molecule has 4 rings (SSSR count). The Labute approximate surface area is 179 Å². The predicted octanol–water partition coefficient (Wildman–Crippen LogP) is 3.14. The normalized spacial score (nSPS) is 16.1. The van der Waals surface area contributed by atoms with Crippen molar-refractivity contribution in [1.29, 1.82) is 0 Å². The Kier molecular flexibility index (Phi) is 6.46. The van der Waals surface area contributed by atoms with Crippen molar-refractivity contribution in [3.63, 3.8) is 0 Å². The van der Waals surface area contributed by atoms with Crippen LogP contribution in [0, 0.1) is 5.92 Å². The fraction of sp³-hybridized carbons (Fsp3) is 0.286. The average molecular weight is 424 g/mol. The molecule has 4 heterocycles. The van der Waals surface area contributed by atoms with Gasteiger partial charge in [0.25, 0.3) is 0 Å². The van der Waals surface area contributed by atoms with E-state index in [0.29, 0.717) is 41.0 Å². The summed E-state index contributed by atoms with van der Waals surface area (Å²) in [4.78, 5) is 29.9. The molecule has 0 bridgehead atoms. The summed E-state index contributed by atoms with van der Waals surface area (Å²) < 4.78 is 0. The molecule has 8 nitrogen and oxygen atoms in total. The van der Waals surface area contributed by atoms with Crippen molar-refractivity contribution >= 4 is 29.1 Å². The fourth-order valence-corrected chi connectivity index (χ4v) is 3.47. The summed E-state index contributed by atoms with van der Waals surface area (Å²) in [6, 6.07) is 7.46. The van der Waals surface area contributed by atoms with Crippen LogP contribution in [-0.4, -0.2) is 38.9 Å². The first-order valence-electron chi connectivity index (χ1n) is 9.82. The van der Waals surface area contributed by atoms with E-state index in [1.54, 1.807) is 24.7 Å². The number of anilines is 2. The molecule has 0 spiro atoms. The minimum Gasteiger partial charge on any atom is -0.363 e. The lowest BCUT2D eigenvalue weighted by atomic mass is 9.99. The first kappa shape index (κ1) is 20.2. The topological polar surface area (TPSA) is 105 Å². The lowest BCUT2D eigenvalue weighted by Crippen LogP contribution is -2.37. The Morgan fingerprint density at radius 2 is 2.13 bits per heavy atom. The van der Waals surface area contributed by atoms with Crippen LogP contribution in [0.25, 0.3) is 11.3 Å². The smallest absolute Gasteiger partial charge is 0.229 e. The molecule has 154 valence electrons. The van der Waals surface area contributed by atoms with E-state index in [-0.39, 0.29) is 11.8 Å². The number of hydrogen-bond donors (Lipinski definition) is 3. The molecular weight excluding hydrogens is 402 g/mol. The number of carbonyl (C=O) groups excluding carboxylic acids is 1. The molecule has 0 radical (unpaired) electrons. The fourth-order valence-electron chi connectivity index (χ4n) is 3.27. The number of halogens is 1. The Hall–Kier alpha value is -3.10. The molecule has 1 aliphatic rings. The largest absolute Gasteiger partial charge is 0.363 e. The maximum atomic E-state index is 12.5. The van der Waals surface area contributed by atoms with E-state index < -0.39 is 0 Å². The second-order valence-corrected chi connectivity index (χ2v) is 7.45. The van der Waals surface area contributed by atoms with Crippen molar-refractivity contribution in [2.24, 2.45) is 5.92 Å². The van der Waals surface area contributed by atoms with Gasteiger partial charge in [-0.15, -0.1) is 0 Å². The van der Waals surface area contributed by atoms with E-state index in [1.165, 1.54) is 6.20 Å². The maximum absolute atomic E-state index is 12.5. The summed E-state index contributed by atoms with van der Waals surface area (Å²) in [5.41, 5.74) is 2.13. The van der Waals surface area contributed by atoms with Crippen LogP contribution < -0.4 is 16.0 Å². The highest BCUT2D eigenvalue weighted by Crippen LogP contribution is 2.28. The molecule has 0 saturated carbocycles. The molecule has 1 fully saturated rings. The van der Waals surface area contributed by atoms with E-state index in [4.69, 9.17) is 11.6 Å². The van der Waals surface area contributed by atoms with Crippen LogP contribution in [0.15, 0.2) is 49.1 Å². The number of amides is 1. The predicted molar refractivity (Wildman–Crippen MR) is 116 cm³/mol. The van der Waals surface area contributed by atoms with Crippen LogP contribution >= 0.6 is 11.6 Å². The SMILES string of the molecule is O=C(Nc1cc(-c2cncc(NCc3ccccn3)n2)c(Cl)cn1)C1CCCNC1. The zero-order chi connectivity index (χ0) is 20.8. The zero-order valence-electron chi connectivity index (χ0n) is 16.3. The van der Waals surface area contributed by atoms with Gasteiger partial charge in [-0.05, 0) is 37.6 Å². The van der Waals surface area contributed by atoms with Gasteiger partial charge >= 0.3 is 0 Å². The Balaban J connectivity index is 1.49. The maximum Gasteiger partial charge on any atom is 0.229 e. The molecule has 0 aromatic carbocycles. The molecule has 1 amide bonds. The van der Waals surface area contributed by atoms with Crippen molar-refractivity contribution in [3.8, 4) is 11.3 Å². The van der Waals surface area contributed by atoms with Crippen molar-refractivity contribution < 1.29 is 4.79 Å². The molecule has 1 saturated heterocycles. The first-order valence-corrected chi connectivity index (χ1v) is 10.2. The molecule has 0 aliphatic carbocycles. The van der Waals surface area contributed by atoms with Crippen LogP contribution in [0.1, 0.15) is 18.5 Å². The molecule has 3 aromatic rings. The number of nitrogens with one attached hydrogen (secondary N) is 3. The molecular formula is C21H22ClN7O. The second kappa shape index (κ2) is 9.60. The van der Waals surface area contributed by atoms with Crippen molar-refractivity contribution in [2.45, 2.75) is 19.4 Å². The number of carbonyl (C=O) groups is 1. The summed E-state index contributed by atoms with van der Waals surface area (Å²) in [5, 5.41) is 9.78. The molecule has 1 atom stereocenters. The molecule has 30 heavy (non-hydrogen) atoms. The summed E-state index contributed by atoms with van der Waals surface area (Å²) in [5.74, 6) is 0.946. The number of pyridine rings is 2. The number of piperidine rings is 1. The van der Waals surface area contributed by atoms with Crippen molar-refractivity contribution in [3.05, 3.63) is 59.8 Å². The Morgan fingerprint density at radius 1 is 1.20 bits per heavy atom. The van der Waals surface area contributed by atoms with Crippen molar-refractivity contribution in [1.82, 2.24) is 25.3 Å². The summed E-state index contributed by atoms with van der Waals surface area (Å²) in [6.45, 7) is 2.16. The third kappa shape index (κ3) is 5.08. The van der Waals surface area contributed by atoms with Crippen LogP contribution in [0.4, 0.5) is 11.6 Å². The first-order chi connectivity index (χ1) is 14.7. The summed E-state index contributed by atoms with van der Waals surface area (Å²) >= 11 is 6.36. The van der Waals surface area contributed by atoms with Gasteiger partial charge in [0.05, 0.1) is 41.3 Å². The Morgan fingerprint density at radius 3 is 2.93 bits per heavy atom. The van der Waals surface area contributed by atoms with Crippen LogP contribution in [0.5, 0.6) is 0 Å². The van der Waals surface area contributed by atoms with E-state index in [9.17, 15) is 4.79 Å². The summed E-state index contributed by atoms with van der Waals surface area (Å²) in [6.07, 6.45) is 8.39. The highest BCUT2D eigenvalue weighted by atomic mass is 35.5. The lowest BCUT2D eigenvalue weighted by molar-refractivity contribution is -0.120. The number of aromatic nitrogens is 4. The van der Waals surface area contributed by atoms with E-state index in [1.807, 2.05) is 18.2 Å². The van der Waals surface area contributed by atoms with Gasteiger partial charge in [0.15, 0.2) is 0 Å². The molecule has 3 aromatic heterocycles. The molecule has 1 aliphatic heterocycles. The molecule has 9 heteroatoms. The number of hydrogen-bond acceptors (Lipinski definition) is 7. The Bertz CT molecular complexity index is 1010.